The molecule has 4 aliphatic carbocycles. The van der Waals surface area contributed by atoms with E-state index in [4.69, 9.17) is 4.18 Å². The highest BCUT2D eigenvalue weighted by molar-refractivity contribution is 7.85. The maximum atomic E-state index is 13.1. The average Bonchev–Trinajstić information content (AvgIpc) is 1.87. The molecule has 0 spiro atoms. The molecule has 0 atom stereocenters. The quantitative estimate of drug-likeness (QED) is 0.0543. The second-order valence-corrected chi connectivity index (χ2v) is 25.7. The summed E-state index contributed by atoms with van der Waals surface area (Å²) in [4.78, 5) is 83.5. The second kappa shape index (κ2) is 25.5. The van der Waals surface area contributed by atoms with Crippen LogP contribution in [0.5, 0.6) is 0 Å². The van der Waals surface area contributed by atoms with Gasteiger partial charge in [-0.05, 0) is 141 Å². The smallest absolute Gasteiger partial charge is 0.331 e. The molecule has 3 aromatic carbocycles. The highest BCUT2D eigenvalue weighted by Crippen LogP contribution is 2.33. The van der Waals surface area contributed by atoms with E-state index in [0.29, 0.717) is 63.9 Å². The van der Waals surface area contributed by atoms with Crippen molar-refractivity contribution in [3.63, 3.8) is 0 Å². The number of hydrogen-bond donors (Lipinski definition) is 3. The van der Waals surface area contributed by atoms with E-state index >= 15 is 0 Å². The van der Waals surface area contributed by atoms with Crippen LogP contribution in [-0.2, 0) is 87.4 Å². The van der Waals surface area contributed by atoms with Crippen molar-refractivity contribution in [1.29, 1.82) is 0 Å². The molecule has 3 N–H and O–H groups in total. The standard InChI is InChI=1S/2C21H23N5O2.C13H16O3S.C10H12N4O2/c2*1-24-18-12-23-26(13-14-8-9-14)19(18)20(27)25(21(24)28)10-4-5-15-11-22-17-7-3-2-6-16(15)17;1-17(14,15)16-10-4-6-12-9-8-11-5-2-3-7-13(11)12;1-13-7-4-11-14(5-6-2-3-6)8(7)9(15)12-10(13)16/h2*2-3,6-7,11-12,14,22H,4-5,8-10,13H2,1H3;2-3,5,7,9H,4,6,8,10H2,1H3;4,6H,2-3,5H2,1H3,(H,12,15,16). The van der Waals surface area contributed by atoms with Gasteiger partial charge in [-0.3, -0.25) is 60.4 Å². The fraction of sp³-hybridized carbons (Fsp3) is 0.400. The van der Waals surface area contributed by atoms with Gasteiger partial charge in [0.15, 0.2) is 16.6 Å². The Balaban J connectivity index is 0.000000119. The number of aromatic amines is 3. The van der Waals surface area contributed by atoms with E-state index in [2.05, 4.69) is 60.6 Å². The molecule has 0 aliphatic heterocycles. The van der Waals surface area contributed by atoms with Crippen LogP contribution >= 0.6 is 0 Å². The molecule has 11 aromatic rings. The highest BCUT2D eigenvalue weighted by atomic mass is 32.2. The summed E-state index contributed by atoms with van der Waals surface area (Å²) in [5.41, 5.74) is 10.2. The third kappa shape index (κ3) is 13.3. The lowest BCUT2D eigenvalue weighted by atomic mass is 10.0. The number of aromatic nitrogens is 14. The van der Waals surface area contributed by atoms with Crippen LogP contribution in [0.2, 0.25) is 0 Å². The van der Waals surface area contributed by atoms with Crippen molar-refractivity contribution in [3.05, 3.63) is 195 Å². The molecule has 0 radical (unpaired) electrons. The predicted octanol–water partition coefficient (Wildman–Crippen LogP) is 7.06. The number of rotatable bonds is 19. The SMILES string of the molecule is CS(=O)(=O)OCCCC1=CCc2ccccc21.Cn1c(=O)[nH]c(=O)c2c1cnn2CC1CC1.Cn1c(=O)n(CCCc2c[nH]c3ccccc23)c(=O)c2c1cnn2CC1CC1.Cn1c(=O)n(CCCc2c[nH]c3ccccc23)c(=O)c2c1cnn2CC1CC1. The van der Waals surface area contributed by atoms with E-state index in [1.807, 2.05) is 60.9 Å². The molecule has 23 nitrogen and oxygen atoms in total. The zero-order valence-electron chi connectivity index (χ0n) is 50.6. The van der Waals surface area contributed by atoms with Crippen LogP contribution in [0.3, 0.4) is 0 Å². The number of H-pyrrole nitrogens is 3. The first-order valence-corrected chi connectivity index (χ1v) is 32.5. The number of benzene rings is 3. The number of hydrogen-bond acceptors (Lipinski definition) is 12. The van der Waals surface area contributed by atoms with Gasteiger partial charge in [0.25, 0.3) is 26.8 Å². The van der Waals surface area contributed by atoms with Crippen molar-refractivity contribution in [1.82, 2.24) is 67.1 Å². The van der Waals surface area contributed by atoms with Gasteiger partial charge in [0, 0.05) is 88.1 Å². The first kappa shape index (κ1) is 60.1. The van der Waals surface area contributed by atoms with Gasteiger partial charge in [0.1, 0.15) is 0 Å². The molecule has 0 saturated heterocycles. The third-order valence-electron chi connectivity index (χ3n) is 17.4. The van der Waals surface area contributed by atoms with E-state index in [-0.39, 0.29) is 34.7 Å². The van der Waals surface area contributed by atoms with Crippen LogP contribution in [0.15, 0.2) is 139 Å². The minimum atomic E-state index is -3.30. The first-order valence-electron chi connectivity index (χ1n) is 30.7. The summed E-state index contributed by atoms with van der Waals surface area (Å²) in [5, 5.41) is 15.3. The number of allylic oxidation sites excluding steroid dienone is 2. The van der Waals surface area contributed by atoms with E-state index in [0.717, 1.165) is 81.9 Å². The van der Waals surface area contributed by atoms with E-state index < -0.39 is 15.8 Å². The van der Waals surface area contributed by atoms with E-state index in [1.165, 1.54) is 90.8 Å². The maximum Gasteiger partial charge on any atom is 0.331 e. The predicted molar refractivity (Wildman–Crippen MR) is 344 cm³/mol. The molecular formula is C65H74N14O9S. The van der Waals surface area contributed by atoms with Gasteiger partial charge in [-0.1, -0.05) is 66.7 Å². The van der Waals surface area contributed by atoms with Gasteiger partial charge in [-0.15, -0.1) is 0 Å². The van der Waals surface area contributed by atoms with Gasteiger partial charge in [0.2, 0.25) is 0 Å². The van der Waals surface area contributed by atoms with Crippen LogP contribution in [-0.4, -0.2) is 88.4 Å². The van der Waals surface area contributed by atoms with Crippen molar-refractivity contribution in [2.75, 3.05) is 12.9 Å². The number of aryl methyl sites for hydroxylation is 5. The van der Waals surface area contributed by atoms with Gasteiger partial charge >= 0.3 is 17.1 Å². The summed E-state index contributed by atoms with van der Waals surface area (Å²) >= 11 is 0. The number of nitrogens with one attached hydrogen (secondary N) is 3. The largest absolute Gasteiger partial charge is 0.361 e. The lowest BCUT2D eigenvalue weighted by molar-refractivity contribution is 0.317. The van der Waals surface area contributed by atoms with Gasteiger partial charge in [0.05, 0.1) is 48.0 Å². The molecular weight excluding hydrogens is 1150 g/mol. The van der Waals surface area contributed by atoms with Crippen molar-refractivity contribution < 1.29 is 12.6 Å². The third-order valence-corrected chi connectivity index (χ3v) is 18.0. The summed E-state index contributed by atoms with van der Waals surface area (Å²) in [6, 6.07) is 24.7. The summed E-state index contributed by atoms with van der Waals surface area (Å²) in [5.74, 6) is 1.85. The zero-order valence-corrected chi connectivity index (χ0v) is 51.4. The Morgan fingerprint density at radius 1 is 0.551 bits per heavy atom. The molecule has 4 aliphatic rings. The van der Waals surface area contributed by atoms with E-state index in [9.17, 15) is 37.2 Å². The van der Waals surface area contributed by atoms with Gasteiger partial charge in [-0.25, -0.2) is 14.4 Å². The number of para-hydroxylation sites is 2. The average molecular weight is 1230 g/mol. The Morgan fingerprint density at radius 3 is 1.48 bits per heavy atom. The number of fused-ring (bicyclic) bond motifs is 6. The van der Waals surface area contributed by atoms with Crippen LogP contribution in [0.25, 0.3) is 60.5 Å². The summed E-state index contributed by atoms with van der Waals surface area (Å²) < 4.78 is 38.8. The molecule has 89 heavy (non-hydrogen) atoms. The van der Waals surface area contributed by atoms with Gasteiger partial charge in [-0.2, -0.15) is 23.7 Å². The molecule has 3 saturated carbocycles. The molecule has 24 heteroatoms. The normalized spacial score (nSPS) is 14.6. The summed E-state index contributed by atoms with van der Waals surface area (Å²) in [7, 11) is 1.75. The summed E-state index contributed by atoms with van der Waals surface area (Å²) in [6.07, 6.45) is 24.9. The minimum Gasteiger partial charge on any atom is -0.361 e. The molecule has 3 fully saturated rings. The molecule has 15 rings (SSSR count). The molecule has 8 aromatic heterocycles. The highest BCUT2D eigenvalue weighted by Gasteiger charge is 2.27. The minimum absolute atomic E-state index is 0.227. The lowest BCUT2D eigenvalue weighted by Crippen LogP contribution is -2.39. The maximum absolute atomic E-state index is 13.1. The summed E-state index contributed by atoms with van der Waals surface area (Å²) in [6.45, 7) is 3.34. The molecule has 464 valence electrons. The monoisotopic (exact) mass is 1230 g/mol. The Bertz CT molecular complexity index is 4770. The second-order valence-electron chi connectivity index (χ2n) is 24.1. The van der Waals surface area contributed by atoms with Gasteiger partial charge < -0.3 is 9.97 Å². The molecule has 0 unspecified atom stereocenters. The van der Waals surface area contributed by atoms with Crippen molar-refractivity contribution >= 4 is 70.6 Å². The van der Waals surface area contributed by atoms with Crippen molar-refractivity contribution in [2.45, 2.75) is 116 Å². The molecule has 0 bridgehead atoms. The fourth-order valence-electron chi connectivity index (χ4n) is 11.9. The molecule has 0 amide bonds. The Labute approximate surface area is 510 Å². The Morgan fingerprint density at radius 2 is 1.00 bits per heavy atom. The van der Waals surface area contributed by atoms with Crippen LogP contribution in [0.4, 0.5) is 0 Å². The zero-order chi connectivity index (χ0) is 62.1. The topological polar surface area (TPSA) is 271 Å². The Kier molecular flexibility index (Phi) is 17.2. The van der Waals surface area contributed by atoms with Crippen LogP contribution in [0.1, 0.15) is 86.5 Å². The number of nitrogens with zero attached hydrogens (tertiary/aromatic N) is 11. The van der Waals surface area contributed by atoms with Crippen molar-refractivity contribution in [2.24, 2.45) is 38.9 Å². The molecule has 8 heterocycles. The fourth-order valence-corrected chi connectivity index (χ4v) is 12.3. The van der Waals surface area contributed by atoms with Crippen molar-refractivity contribution in [3.8, 4) is 0 Å². The van der Waals surface area contributed by atoms with E-state index in [1.54, 1.807) is 62.9 Å². The van der Waals surface area contributed by atoms with Crippen LogP contribution < -0.4 is 33.7 Å². The Hall–Kier alpha value is -9.16. The lowest BCUT2D eigenvalue weighted by Gasteiger charge is -2.09. The first-order chi connectivity index (χ1) is 43.0. The van der Waals surface area contributed by atoms with Crippen LogP contribution in [0, 0.1) is 17.8 Å².